The molecule has 0 spiro atoms. The maximum absolute atomic E-state index is 11.9. The molecule has 2 rings (SSSR count). The van der Waals surface area contributed by atoms with E-state index in [1.165, 1.54) is 29.8 Å². The maximum Gasteiger partial charge on any atom is 0.281 e. The van der Waals surface area contributed by atoms with Crippen LogP contribution in [0.4, 0.5) is 5.13 Å². The van der Waals surface area contributed by atoms with Crippen molar-refractivity contribution >= 4 is 26.5 Å². The van der Waals surface area contributed by atoms with Gasteiger partial charge in [0.2, 0.25) is 0 Å². The zero-order chi connectivity index (χ0) is 13.0. The van der Waals surface area contributed by atoms with Crippen LogP contribution in [-0.2, 0) is 16.6 Å². The Morgan fingerprint density at radius 3 is 2.72 bits per heavy atom. The topological polar surface area (TPSA) is 84.0 Å². The van der Waals surface area contributed by atoms with Gasteiger partial charge in [0.1, 0.15) is 0 Å². The Hall–Kier alpha value is -1.51. The van der Waals surface area contributed by atoms with Crippen LogP contribution < -0.4 is 10.0 Å². The van der Waals surface area contributed by atoms with E-state index in [2.05, 4.69) is 20.0 Å². The molecule has 0 saturated carbocycles. The van der Waals surface area contributed by atoms with Crippen molar-refractivity contribution in [3.8, 4) is 0 Å². The number of rotatable bonds is 5. The minimum Gasteiger partial charge on any atom is -0.316 e. The van der Waals surface area contributed by atoms with Gasteiger partial charge >= 0.3 is 0 Å². The number of anilines is 1. The van der Waals surface area contributed by atoms with E-state index in [1.54, 1.807) is 11.4 Å². The first-order valence-corrected chi connectivity index (χ1v) is 7.50. The second-order valence-electron chi connectivity index (χ2n) is 3.48. The lowest BCUT2D eigenvalue weighted by molar-refractivity contribution is 0.597. The Kier molecular flexibility index (Phi) is 3.90. The van der Waals surface area contributed by atoms with E-state index < -0.39 is 10.0 Å². The number of thiazole rings is 1. The Bertz CT molecular complexity index is 593. The van der Waals surface area contributed by atoms with Crippen LogP contribution in [0.25, 0.3) is 0 Å². The minimum absolute atomic E-state index is 0.0162. The zero-order valence-corrected chi connectivity index (χ0v) is 11.3. The third kappa shape index (κ3) is 3.03. The lowest BCUT2D eigenvalue weighted by Crippen LogP contribution is -2.14. The van der Waals surface area contributed by atoms with Crippen molar-refractivity contribution in [1.29, 1.82) is 0 Å². The van der Waals surface area contributed by atoms with Gasteiger partial charge in [-0.1, -0.05) is 6.07 Å². The molecule has 0 amide bonds. The lowest BCUT2D eigenvalue weighted by atomic mass is 10.3. The van der Waals surface area contributed by atoms with Crippen LogP contribution in [0.1, 0.15) is 5.56 Å². The van der Waals surface area contributed by atoms with Gasteiger partial charge in [-0.15, -0.1) is 11.3 Å². The summed E-state index contributed by atoms with van der Waals surface area (Å²) in [6, 6.07) is 3.20. The number of sulfonamides is 1. The molecule has 0 saturated heterocycles. The summed E-state index contributed by atoms with van der Waals surface area (Å²) in [5, 5.41) is 4.97. The van der Waals surface area contributed by atoms with Gasteiger partial charge in [-0.2, -0.15) is 8.42 Å². The van der Waals surface area contributed by atoms with E-state index in [1.807, 2.05) is 7.05 Å². The summed E-state index contributed by atoms with van der Waals surface area (Å²) in [4.78, 5) is 7.80. The van der Waals surface area contributed by atoms with Crippen LogP contribution in [0.5, 0.6) is 0 Å². The zero-order valence-electron chi connectivity index (χ0n) is 9.62. The smallest absolute Gasteiger partial charge is 0.281 e. The molecular weight excluding hydrogens is 272 g/mol. The summed E-state index contributed by atoms with van der Waals surface area (Å²) in [6.45, 7) is 0.646. The Morgan fingerprint density at radius 1 is 1.33 bits per heavy atom. The number of aromatic nitrogens is 2. The van der Waals surface area contributed by atoms with E-state index >= 15 is 0 Å². The summed E-state index contributed by atoms with van der Waals surface area (Å²) in [5.41, 5.74) is 0.922. The van der Waals surface area contributed by atoms with Crippen molar-refractivity contribution in [2.75, 3.05) is 11.8 Å². The molecule has 0 aliphatic rings. The van der Waals surface area contributed by atoms with Gasteiger partial charge in [-0.05, 0) is 18.7 Å². The van der Waals surface area contributed by atoms with Gasteiger partial charge in [0.25, 0.3) is 10.0 Å². The van der Waals surface area contributed by atoms with Gasteiger partial charge < -0.3 is 5.32 Å². The molecule has 18 heavy (non-hydrogen) atoms. The van der Waals surface area contributed by atoms with E-state index in [-0.39, 0.29) is 5.03 Å². The van der Waals surface area contributed by atoms with Crippen LogP contribution in [0.3, 0.4) is 0 Å². The Balaban J connectivity index is 2.19. The van der Waals surface area contributed by atoms with Gasteiger partial charge in [0, 0.05) is 24.3 Å². The summed E-state index contributed by atoms with van der Waals surface area (Å²) < 4.78 is 26.3. The van der Waals surface area contributed by atoms with Gasteiger partial charge in [-0.25, -0.2) is 9.97 Å². The Labute approximate surface area is 109 Å². The monoisotopic (exact) mass is 284 g/mol. The number of hydrogen-bond donors (Lipinski definition) is 2. The average molecular weight is 284 g/mol. The molecule has 2 N–H and O–H groups in total. The molecule has 0 fully saturated rings. The van der Waals surface area contributed by atoms with Crippen LogP contribution in [0.15, 0.2) is 34.9 Å². The summed E-state index contributed by atoms with van der Waals surface area (Å²) >= 11 is 1.22. The number of hydrogen-bond acceptors (Lipinski definition) is 6. The third-order valence-corrected chi connectivity index (χ3v) is 4.18. The molecule has 0 aliphatic carbocycles. The molecule has 0 unspecified atom stereocenters. The molecule has 0 atom stereocenters. The molecular formula is C10H12N4O2S2. The lowest BCUT2D eigenvalue weighted by Gasteiger charge is -2.05. The fraction of sp³-hybridized carbons (Fsp3) is 0.200. The molecule has 6 nitrogen and oxygen atoms in total. The van der Waals surface area contributed by atoms with Crippen LogP contribution in [-0.4, -0.2) is 25.4 Å². The molecule has 2 heterocycles. The highest BCUT2D eigenvalue weighted by molar-refractivity contribution is 7.92. The quantitative estimate of drug-likeness (QED) is 0.857. The maximum atomic E-state index is 11.9. The first-order chi connectivity index (χ1) is 8.62. The number of nitrogens with one attached hydrogen (secondary N) is 2. The molecule has 8 heteroatoms. The van der Waals surface area contributed by atoms with Crippen molar-refractivity contribution in [2.24, 2.45) is 0 Å². The molecule has 0 aliphatic heterocycles. The predicted octanol–water partition coefficient (Wildman–Crippen LogP) is 1.06. The van der Waals surface area contributed by atoms with Crippen molar-refractivity contribution < 1.29 is 8.42 Å². The summed E-state index contributed by atoms with van der Waals surface area (Å²) in [6.07, 6.45) is 3.07. The predicted molar refractivity (Wildman–Crippen MR) is 69.9 cm³/mol. The first kappa shape index (κ1) is 12.9. The van der Waals surface area contributed by atoms with Crippen molar-refractivity contribution in [3.63, 3.8) is 0 Å². The third-order valence-electron chi connectivity index (χ3n) is 2.11. The van der Waals surface area contributed by atoms with Crippen molar-refractivity contribution in [1.82, 2.24) is 15.3 Å². The normalized spacial score (nSPS) is 11.4. The van der Waals surface area contributed by atoms with E-state index in [0.29, 0.717) is 11.7 Å². The summed E-state index contributed by atoms with van der Waals surface area (Å²) in [5.74, 6) is 0. The van der Waals surface area contributed by atoms with Gasteiger partial charge in [0.15, 0.2) is 10.2 Å². The SMILES string of the molecule is CNCc1ccc(S(=O)(=O)Nc2nccs2)nc1. The minimum atomic E-state index is -3.65. The van der Waals surface area contributed by atoms with E-state index in [9.17, 15) is 8.42 Å². The van der Waals surface area contributed by atoms with E-state index in [4.69, 9.17) is 0 Å². The second-order valence-corrected chi connectivity index (χ2v) is 6.00. The first-order valence-electron chi connectivity index (χ1n) is 5.13. The molecule has 0 aromatic carbocycles. The summed E-state index contributed by atoms with van der Waals surface area (Å²) in [7, 11) is -1.83. The number of nitrogens with zero attached hydrogens (tertiary/aromatic N) is 2. The van der Waals surface area contributed by atoms with Crippen molar-refractivity contribution in [3.05, 3.63) is 35.5 Å². The highest BCUT2D eigenvalue weighted by atomic mass is 32.2. The fourth-order valence-electron chi connectivity index (χ4n) is 1.32. The van der Waals surface area contributed by atoms with Crippen LogP contribution in [0.2, 0.25) is 0 Å². The fourth-order valence-corrected chi connectivity index (χ4v) is 3.04. The standard InChI is InChI=1S/C10H12N4O2S2/c1-11-6-8-2-3-9(13-7-8)18(15,16)14-10-12-4-5-17-10/h2-5,7,11H,6H2,1H3,(H,12,14). The van der Waals surface area contributed by atoms with E-state index in [0.717, 1.165) is 5.56 Å². The average Bonchev–Trinajstić information content (AvgIpc) is 2.82. The van der Waals surface area contributed by atoms with Gasteiger partial charge in [0.05, 0.1) is 0 Å². The molecule has 96 valence electrons. The number of pyridine rings is 1. The second kappa shape index (κ2) is 5.42. The highest BCUT2D eigenvalue weighted by Gasteiger charge is 2.16. The molecule has 0 radical (unpaired) electrons. The largest absolute Gasteiger partial charge is 0.316 e. The van der Waals surface area contributed by atoms with Crippen LogP contribution >= 0.6 is 11.3 Å². The Morgan fingerprint density at radius 2 is 2.17 bits per heavy atom. The highest BCUT2D eigenvalue weighted by Crippen LogP contribution is 2.16. The van der Waals surface area contributed by atoms with Crippen molar-refractivity contribution in [2.45, 2.75) is 11.6 Å². The molecule has 2 aromatic rings. The van der Waals surface area contributed by atoms with Crippen LogP contribution in [0, 0.1) is 0 Å². The van der Waals surface area contributed by atoms with Gasteiger partial charge in [-0.3, -0.25) is 4.72 Å². The molecule has 0 bridgehead atoms. The molecule has 2 aromatic heterocycles.